The lowest BCUT2D eigenvalue weighted by atomic mass is 10.0. The van der Waals surface area contributed by atoms with Gasteiger partial charge in [0.1, 0.15) is 0 Å². The van der Waals surface area contributed by atoms with Gasteiger partial charge in [0.2, 0.25) is 0 Å². The van der Waals surface area contributed by atoms with Crippen LogP contribution in [0.4, 0.5) is 10.5 Å². The molecule has 3 amide bonds. The van der Waals surface area contributed by atoms with E-state index in [9.17, 15) is 14.4 Å². The molecule has 0 spiro atoms. The van der Waals surface area contributed by atoms with Gasteiger partial charge in [0.15, 0.2) is 18.1 Å². The van der Waals surface area contributed by atoms with Crippen LogP contribution < -0.4 is 14.8 Å². The second-order valence-electron chi connectivity index (χ2n) is 8.89. The zero-order valence-corrected chi connectivity index (χ0v) is 23.1. The normalized spacial score (nSPS) is 14.2. The number of halogens is 1. The molecule has 0 aromatic heterocycles. The van der Waals surface area contributed by atoms with E-state index in [0.29, 0.717) is 39.3 Å². The Labute approximate surface area is 240 Å². The largest absolute Gasteiger partial charge is 0.490 e. The molecule has 1 aliphatic rings. The molecule has 202 valence electrons. The second-order valence-corrected chi connectivity index (χ2v) is 10.3. The molecule has 1 aliphatic heterocycles. The first kappa shape index (κ1) is 27.3. The molecule has 5 rings (SSSR count). The molecule has 1 fully saturated rings. The molecule has 0 bridgehead atoms. The van der Waals surface area contributed by atoms with Crippen LogP contribution in [0.15, 0.2) is 89.8 Å². The second kappa shape index (κ2) is 12.3. The number of rotatable bonds is 9. The van der Waals surface area contributed by atoms with Crippen LogP contribution in [-0.2, 0) is 16.1 Å². The maximum absolute atomic E-state index is 13.2. The fourth-order valence-corrected chi connectivity index (χ4v) is 5.23. The van der Waals surface area contributed by atoms with Crippen LogP contribution in [0.3, 0.4) is 0 Å². The fourth-order valence-electron chi connectivity index (χ4n) is 4.26. The van der Waals surface area contributed by atoms with Crippen molar-refractivity contribution >= 4 is 63.0 Å². The summed E-state index contributed by atoms with van der Waals surface area (Å²) in [6, 6.07) is 25.6. The van der Waals surface area contributed by atoms with Crippen LogP contribution >= 0.6 is 23.4 Å². The van der Waals surface area contributed by atoms with Crippen LogP contribution in [0.5, 0.6) is 11.5 Å². The van der Waals surface area contributed by atoms with Gasteiger partial charge in [0, 0.05) is 10.7 Å². The van der Waals surface area contributed by atoms with E-state index in [4.69, 9.17) is 21.1 Å². The Kier molecular flexibility index (Phi) is 8.38. The number of hydrogen-bond acceptors (Lipinski definition) is 6. The zero-order valence-electron chi connectivity index (χ0n) is 21.6. The minimum Gasteiger partial charge on any atom is -0.490 e. The van der Waals surface area contributed by atoms with Crippen LogP contribution in [-0.4, -0.2) is 35.2 Å². The number of nitrogens with zero attached hydrogens (tertiary/aromatic N) is 1. The summed E-state index contributed by atoms with van der Waals surface area (Å²) in [5.41, 5.74) is 2.17. The number of fused-ring (bicyclic) bond motifs is 1. The van der Waals surface area contributed by atoms with Gasteiger partial charge in [-0.25, -0.2) is 0 Å². The first-order valence-electron chi connectivity index (χ1n) is 12.6. The van der Waals surface area contributed by atoms with Gasteiger partial charge in [-0.2, -0.15) is 0 Å². The fraction of sp³-hybridized carbons (Fsp3) is 0.129. The summed E-state index contributed by atoms with van der Waals surface area (Å²) in [6.07, 6.45) is 1.66. The third-order valence-corrected chi connectivity index (χ3v) is 7.29. The number of ether oxygens (including phenoxy) is 2. The first-order chi connectivity index (χ1) is 19.4. The molecule has 0 unspecified atom stereocenters. The summed E-state index contributed by atoms with van der Waals surface area (Å²) in [4.78, 5) is 39.9. The Balaban J connectivity index is 1.28. The van der Waals surface area contributed by atoms with Crippen molar-refractivity contribution in [2.45, 2.75) is 13.5 Å². The minimum absolute atomic E-state index is 0.193. The van der Waals surface area contributed by atoms with Gasteiger partial charge >= 0.3 is 0 Å². The molecule has 0 radical (unpaired) electrons. The highest BCUT2D eigenvalue weighted by Gasteiger charge is 2.35. The van der Waals surface area contributed by atoms with Gasteiger partial charge in [-0.15, -0.1) is 0 Å². The van der Waals surface area contributed by atoms with Crippen molar-refractivity contribution in [1.29, 1.82) is 0 Å². The SMILES string of the molecule is CCOc1cc(/C=C2\SC(=O)N(Cc3cccc4ccccc34)C2=O)ccc1OCC(=O)Nc1ccc(Cl)cc1. The molecular weight excluding hydrogens is 548 g/mol. The van der Waals surface area contributed by atoms with E-state index in [1.165, 1.54) is 4.90 Å². The van der Waals surface area contributed by atoms with Crippen molar-refractivity contribution in [2.24, 2.45) is 0 Å². The molecule has 1 saturated heterocycles. The Morgan fingerprint density at radius 2 is 1.73 bits per heavy atom. The molecule has 1 N–H and O–H groups in total. The predicted octanol–water partition coefficient (Wildman–Crippen LogP) is 7.15. The lowest BCUT2D eigenvalue weighted by Crippen LogP contribution is -2.27. The average molecular weight is 573 g/mol. The first-order valence-corrected chi connectivity index (χ1v) is 13.8. The van der Waals surface area contributed by atoms with E-state index in [0.717, 1.165) is 28.1 Å². The molecule has 40 heavy (non-hydrogen) atoms. The number of benzene rings is 4. The number of carbonyl (C=O) groups excluding carboxylic acids is 3. The molecule has 0 aliphatic carbocycles. The molecule has 0 saturated carbocycles. The van der Waals surface area contributed by atoms with E-state index < -0.39 is 0 Å². The summed E-state index contributed by atoms with van der Waals surface area (Å²) in [6.45, 7) is 2.17. The summed E-state index contributed by atoms with van der Waals surface area (Å²) in [5, 5.41) is 5.05. The van der Waals surface area contributed by atoms with Crippen LogP contribution in [0.2, 0.25) is 5.02 Å². The van der Waals surface area contributed by atoms with Crippen molar-refractivity contribution in [3.63, 3.8) is 0 Å². The van der Waals surface area contributed by atoms with E-state index >= 15 is 0 Å². The van der Waals surface area contributed by atoms with Crippen molar-refractivity contribution in [3.05, 3.63) is 106 Å². The molecular formula is C31H25ClN2O5S. The number of anilines is 1. The number of hydrogen-bond donors (Lipinski definition) is 1. The summed E-state index contributed by atoms with van der Waals surface area (Å²) >= 11 is 6.79. The highest BCUT2D eigenvalue weighted by Crippen LogP contribution is 2.36. The number of carbonyl (C=O) groups is 3. The van der Waals surface area contributed by atoms with Crippen molar-refractivity contribution < 1.29 is 23.9 Å². The van der Waals surface area contributed by atoms with Crippen LogP contribution in [0.25, 0.3) is 16.8 Å². The highest BCUT2D eigenvalue weighted by atomic mass is 35.5. The van der Waals surface area contributed by atoms with Crippen molar-refractivity contribution in [2.75, 3.05) is 18.5 Å². The van der Waals surface area contributed by atoms with Crippen molar-refractivity contribution in [3.8, 4) is 11.5 Å². The summed E-state index contributed by atoms with van der Waals surface area (Å²) in [7, 11) is 0. The van der Waals surface area contributed by atoms with E-state index in [2.05, 4.69) is 5.32 Å². The van der Waals surface area contributed by atoms with Crippen molar-refractivity contribution in [1.82, 2.24) is 4.90 Å². The zero-order chi connectivity index (χ0) is 28.1. The average Bonchev–Trinajstić information content (AvgIpc) is 3.21. The standard InChI is InChI=1S/C31H25ClN2O5S/c1-2-38-27-16-20(10-15-26(27)39-19-29(35)33-24-13-11-23(32)12-14-24)17-28-30(36)34(31(37)40-28)18-22-8-5-7-21-6-3-4-9-25(21)22/h3-17H,2,18-19H2,1H3,(H,33,35)/b28-17-. The summed E-state index contributed by atoms with van der Waals surface area (Å²) in [5.74, 6) is 0.119. The molecule has 4 aromatic carbocycles. The highest BCUT2D eigenvalue weighted by molar-refractivity contribution is 8.18. The maximum atomic E-state index is 13.2. The van der Waals surface area contributed by atoms with E-state index in [-0.39, 0.29) is 30.2 Å². The molecule has 0 atom stereocenters. The molecule has 7 nitrogen and oxygen atoms in total. The topological polar surface area (TPSA) is 84.9 Å². The monoisotopic (exact) mass is 572 g/mol. The third kappa shape index (κ3) is 6.30. The van der Waals surface area contributed by atoms with Gasteiger partial charge in [-0.3, -0.25) is 19.3 Å². The number of nitrogens with one attached hydrogen (secondary N) is 1. The maximum Gasteiger partial charge on any atom is 0.293 e. The lowest BCUT2D eigenvalue weighted by Gasteiger charge is -2.14. The Bertz CT molecular complexity index is 1610. The number of thioether (sulfide) groups is 1. The van der Waals surface area contributed by atoms with Gasteiger partial charge in [-0.1, -0.05) is 60.1 Å². The van der Waals surface area contributed by atoms with Gasteiger partial charge in [0.05, 0.1) is 18.1 Å². The smallest absolute Gasteiger partial charge is 0.293 e. The quantitative estimate of drug-likeness (QED) is 0.214. The summed E-state index contributed by atoms with van der Waals surface area (Å²) < 4.78 is 11.4. The van der Waals surface area contributed by atoms with Gasteiger partial charge < -0.3 is 14.8 Å². The van der Waals surface area contributed by atoms with Gasteiger partial charge in [-0.05, 0) is 83.1 Å². The van der Waals surface area contributed by atoms with Crippen LogP contribution in [0.1, 0.15) is 18.1 Å². The Morgan fingerprint density at radius 3 is 2.52 bits per heavy atom. The predicted molar refractivity (Wildman–Crippen MR) is 159 cm³/mol. The molecule has 4 aromatic rings. The molecule has 1 heterocycles. The lowest BCUT2D eigenvalue weighted by molar-refractivity contribution is -0.123. The number of imide groups is 1. The molecule has 9 heteroatoms. The number of amides is 3. The van der Waals surface area contributed by atoms with Gasteiger partial charge in [0.25, 0.3) is 17.1 Å². The Morgan fingerprint density at radius 1 is 0.950 bits per heavy atom. The Hall–Kier alpha value is -4.27. The third-order valence-electron chi connectivity index (χ3n) is 6.13. The van der Waals surface area contributed by atoms with E-state index in [1.54, 1.807) is 48.5 Å². The van der Waals surface area contributed by atoms with Crippen LogP contribution in [0, 0.1) is 0 Å². The van der Waals surface area contributed by atoms with E-state index in [1.807, 2.05) is 49.4 Å². The minimum atomic E-state index is -0.347.